The molecule has 0 aliphatic carbocycles. The van der Waals surface area contributed by atoms with E-state index in [-0.39, 0.29) is 11.8 Å². The van der Waals surface area contributed by atoms with Gasteiger partial charge in [0.05, 0.1) is 0 Å². The Balaban J connectivity index is 2.05. The molecule has 4 heteroatoms. The molecule has 0 atom stereocenters. The fraction of sp³-hybridized carbons (Fsp3) is 0.385. The van der Waals surface area contributed by atoms with Crippen LogP contribution >= 0.6 is 0 Å². The molecule has 0 spiro atoms. The Morgan fingerprint density at radius 3 is 2.94 bits per heavy atom. The highest BCUT2D eigenvalue weighted by Gasteiger charge is 2.19. The van der Waals surface area contributed by atoms with Gasteiger partial charge in [0.15, 0.2) is 0 Å². The Kier molecular flexibility index (Phi) is 3.42. The lowest BCUT2D eigenvalue weighted by atomic mass is 10.2. The van der Waals surface area contributed by atoms with Crippen molar-refractivity contribution in [3.05, 3.63) is 29.8 Å². The van der Waals surface area contributed by atoms with Crippen molar-refractivity contribution >= 4 is 17.5 Å². The van der Waals surface area contributed by atoms with Crippen LogP contribution in [0.4, 0.5) is 5.69 Å². The quantitative estimate of drug-likeness (QED) is 0.863. The van der Waals surface area contributed by atoms with Crippen LogP contribution < -0.4 is 5.32 Å². The van der Waals surface area contributed by atoms with Crippen molar-refractivity contribution in [2.45, 2.75) is 26.3 Å². The first-order chi connectivity index (χ1) is 8.15. The molecule has 0 unspecified atom stereocenters. The number of nitrogens with one attached hydrogen (secondary N) is 1. The molecule has 4 nitrogen and oxygen atoms in total. The zero-order chi connectivity index (χ0) is 12.3. The molecule has 0 aromatic heterocycles. The topological polar surface area (TPSA) is 49.4 Å². The Morgan fingerprint density at radius 2 is 2.29 bits per heavy atom. The maximum atomic E-state index is 11.5. The monoisotopic (exact) mass is 232 g/mol. The van der Waals surface area contributed by atoms with Gasteiger partial charge in [-0.05, 0) is 24.1 Å². The molecule has 1 aliphatic rings. The van der Waals surface area contributed by atoms with Crippen molar-refractivity contribution in [3.8, 4) is 0 Å². The predicted octanol–water partition coefficient (Wildman–Crippen LogP) is 1.77. The highest BCUT2D eigenvalue weighted by molar-refractivity contribution is 5.88. The van der Waals surface area contributed by atoms with Gasteiger partial charge in [0.25, 0.3) is 0 Å². The van der Waals surface area contributed by atoms with E-state index in [1.54, 1.807) is 0 Å². The molecule has 2 rings (SSSR count). The average Bonchev–Trinajstić information content (AvgIpc) is 2.64. The van der Waals surface area contributed by atoms with Gasteiger partial charge in [0.1, 0.15) is 0 Å². The summed E-state index contributed by atoms with van der Waals surface area (Å²) in [7, 11) is 0. The molecule has 1 fully saturated rings. The smallest absolute Gasteiger partial charge is 0.222 e. The van der Waals surface area contributed by atoms with Crippen LogP contribution in [0.1, 0.15) is 25.3 Å². The van der Waals surface area contributed by atoms with E-state index in [2.05, 4.69) is 5.32 Å². The number of carbonyl (C=O) groups is 2. The first-order valence-electron chi connectivity index (χ1n) is 5.79. The first kappa shape index (κ1) is 11.6. The fourth-order valence-corrected chi connectivity index (χ4v) is 2.04. The summed E-state index contributed by atoms with van der Waals surface area (Å²) >= 11 is 0. The minimum Gasteiger partial charge on any atom is -0.338 e. The molecule has 1 heterocycles. The summed E-state index contributed by atoms with van der Waals surface area (Å²) in [5, 5.41) is 2.74. The van der Waals surface area contributed by atoms with E-state index >= 15 is 0 Å². The van der Waals surface area contributed by atoms with Crippen LogP contribution in [0.2, 0.25) is 0 Å². The zero-order valence-electron chi connectivity index (χ0n) is 9.90. The number of carbonyl (C=O) groups excluding carboxylic acids is 2. The third kappa shape index (κ3) is 3.06. The van der Waals surface area contributed by atoms with Crippen LogP contribution in [0.15, 0.2) is 24.3 Å². The lowest BCUT2D eigenvalue weighted by Crippen LogP contribution is -2.23. The van der Waals surface area contributed by atoms with Crippen LogP contribution in [0.3, 0.4) is 0 Å². The van der Waals surface area contributed by atoms with Crippen molar-refractivity contribution < 1.29 is 9.59 Å². The highest BCUT2D eigenvalue weighted by Crippen LogP contribution is 2.16. The van der Waals surface area contributed by atoms with Gasteiger partial charge in [-0.25, -0.2) is 0 Å². The number of hydrogen-bond donors (Lipinski definition) is 1. The van der Waals surface area contributed by atoms with Gasteiger partial charge >= 0.3 is 0 Å². The summed E-state index contributed by atoms with van der Waals surface area (Å²) in [6, 6.07) is 7.61. The zero-order valence-corrected chi connectivity index (χ0v) is 9.90. The molecule has 0 bridgehead atoms. The summed E-state index contributed by atoms with van der Waals surface area (Å²) < 4.78 is 0. The van der Waals surface area contributed by atoms with Crippen LogP contribution in [-0.2, 0) is 16.1 Å². The van der Waals surface area contributed by atoms with Gasteiger partial charge in [0, 0.05) is 32.1 Å². The van der Waals surface area contributed by atoms with Crippen molar-refractivity contribution in [2.24, 2.45) is 0 Å². The second kappa shape index (κ2) is 4.99. The van der Waals surface area contributed by atoms with Crippen LogP contribution in [0, 0.1) is 0 Å². The maximum Gasteiger partial charge on any atom is 0.222 e. The van der Waals surface area contributed by atoms with E-state index in [0.29, 0.717) is 13.0 Å². The van der Waals surface area contributed by atoms with Gasteiger partial charge < -0.3 is 10.2 Å². The number of rotatable bonds is 3. The second-order valence-corrected chi connectivity index (χ2v) is 4.30. The molecule has 1 aromatic rings. The second-order valence-electron chi connectivity index (χ2n) is 4.30. The number of anilines is 1. The van der Waals surface area contributed by atoms with E-state index in [4.69, 9.17) is 0 Å². The third-order valence-corrected chi connectivity index (χ3v) is 2.79. The van der Waals surface area contributed by atoms with Crippen molar-refractivity contribution in [1.82, 2.24) is 4.90 Å². The van der Waals surface area contributed by atoms with Crippen molar-refractivity contribution in [3.63, 3.8) is 0 Å². The fourth-order valence-electron chi connectivity index (χ4n) is 2.04. The molecule has 1 aliphatic heterocycles. The van der Waals surface area contributed by atoms with E-state index in [0.717, 1.165) is 24.2 Å². The number of hydrogen-bond acceptors (Lipinski definition) is 2. The van der Waals surface area contributed by atoms with Crippen LogP contribution in [0.5, 0.6) is 0 Å². The lowest BCUT2D eigenvalue weighted by molar-refractivity contribution is -0.128. The summed E-state index contributed by atoms with van der Waals surface area (Å²) in [6.07, 6.45) is 1.61. The van der Waals surface area contributed by atoms with E-state index < -0.39 is 0 Å². The Hall–Kier alpha value is -1.84. The average molecular weight is 232 g/mol. The van der Waals surface area contributed by atoms with Gasteiger partial charge in [-0.3, -0.25) is 9.59 Å². The largest absolute Gasteiger partial charge is 0.338 e. The summed E-state index contributed by atoms with van der Waals surface area (Å²) in [5.41, 5.74) is 1.83. The normalized spacial score (nSPS) is 15.1. The molecule has 1 N–H and O–H groups in total. The molecule has 1 saturated heterocycles. The van der Waals surface area contributed by atoms with Crippen LogP contribution in [0.25, 0.3) is 0 Å². The lowest BCUT2D eigenvalue weighted by Gasteiger charge is -2.16. The van der Waals surface area contributed by atoms with Crippen LogP contribution in [-0.4, -0.2) is 23.3 Å². The molecule has 17 heavy (non-hydrogen) atoms. The molecule has 1 aromatic carbocycles. The molecule has 0 saturated carbocycles. The van der Waals surface area contributed by atoms with Crippen molar-refractivity contribution in [2.75, 3.05) is 11.9 Å². The maximum absolute atomic E-state index is 11.5. The number of likely N-dealkylation sites (tertiary alicyclic amines) is 1. The Labute approximate surface area is 101 Å². The highest BCUT2D eigenvalue weighted by atomic mass is 16.2. The number of benzene rings is 1. The molecule has 2 amide bonds. The molecular formula is C13H16N2O2. The van der Waals surface area contributed by atoms with Gasteiger partial charge in [-0.15, -0.1) is 0 Å². The SMILES string of the molecule is CC(=O)Nc1cccc(CN2CCCC2=O)c1. The number of nitrogens with zero attached hydrogens (tertiary/aromatic N) is 1. The van der Waals surface area contributed by atoms with E-state index in [9.17, 15) is 9.59 Å². The first-order valence-corrected chi connectivity index (χ1v) is 5.79. The summed E-state index contributed by atoms with van der Waals surface area (Å²) in [4.78, 5) is 24.3. The van der Waals surface area contributed by atoms with E-state index in [1.165, 1.54) is 6.92 Å². The molecule has 90 valence electrons. The standard InChI is InChI=1S/C13H16N2O2/c1-10(16)14-12-5-2-4-11(8-12)9-15-7-3-6-13(15)17/h2,4-5,8H,3,6-7,9H2,1H3,(H,14,16). The molecule has 0 radical (unpaired) electrons. The van der Waals surface area contributed by atoms with Gasteiger partial charge in [-0.1, -0.05) is 12.1 Å². The van der Waals surface area contributed by atoms with Crippen molar-refractivity contribution in [1.29, 1.82) is 0 Å². The minimum absolute atomic E-state index is 0.0839. The summed E-state index contributed by atoms with van der Waals surface area (Å²) in [5.74, 6) is 0.134. The molecular weight excluding hydrogens is 216 g/mol. The third-order valence-electron chi connectivity index (χ3n) is 2.79. The van der Waals surface area contributed by atoms with Gasteiger partial charge in [0.2, 0.25) is 11.8 Å². The minimum atomic E-state index is -0.0839. The number of amides is 2. The Morgan fingerprint density at radius 1 is 1.47 bits per heavy atom. The Bertz CT molecular complexity index is 443. The predicted molar refractivity (Wildman–Crippen MR) is 65.4 cm³/mol. The van der Waals surface area contributed by atoms with Gasteiger partial charge in [-0.2, -0.15) is 0 Å². The summed E-state index contributed by atoms with van der Waals surface area (Å²) in [6.45, 7) is 2.95. The van der Waals surface area contributed by atoms with E-state index in [1.807, 2.05) is 29.2 Å².